The number of likely N-dealkylation sites (tertiary alicyclic amines) is 1. The molecule has 0 bridgehead atoms. The molecule has 1 saturated heterocycles. The van der Waals surface area contributed by atoms with Gasteiger partial charge in [-0.05, 0) is 12.1 Å². The maximum absolute atomic E-state index is 12.5. The van der Waals surface area contributed by atoms with E-state index in [-0.39, 0.29) is 25.0 Å². The number of carboxylic acid groups (broad SMARTS) is 1. The minimum Gasteiger partial charge on any atom is -0.492 e. The first-order valence-corrected chi connectivity index (χ1v) is 7.35. The second kappa shape index (κ2) is 4.84. The average molecular weight is 313 g/mol. The molecule has 2 N–H and O–H groups in total. The monoisotopic (exact) mass is 313 g/mol. The summed E-state index contributed by atoms with van der Waals surface area (Å²) in [5, 5.41) is 16.2. The van der Waals surface area contributed by atoms with Crippen LogP contribution in [0.15, 0.2) is 36.5 Å². The summed E-state index contributed by atoms with van der Waals surface area (Å²) in [6.07, 6.45) is 1.50. The number of hydrogen-bond donors (Lipinski definition) is 2. The molecule has 23 heavy (non-hydrogen) atoms. The molecule has 2 aliphatic rings. The van der Waals surface area contributed by atoms with E-state index < -0.39 is 11.4 Å². The number of H-pyrrole nitrogens is 1. The van der Waals surface area contributed by atoms with Crippen molar-refractivity contribution >= 4 is 11.9 Å². The Kier molecular flexibility index (Phi) is 2.90. The number of rotatable bonds is 2. The van der Waals surface area contributed by atoms with Gasteiger partial charge in [-0.15, -0.1) is 0 Å². The number of benzene rings is 1. The lowest BCUT2D eigenvalue weighted by molar-refractivity contribution is -0.151. The van der Waals surface area contributed by atoms with E-state index in [9.17, 15) is 14.7 Å². The zero-order valence-corrected chi connectivity index (χ0v) is 12.2. The predicted octanol–water partition coefficient (Wildman–Crippen LogP) is 1.11. The number of para-hydroxylation sites is 1. The number of fused-ring (bicyclic) bond motifs is 3. The van der Waals surface area contributed by atoms with Crippen molar-refractivity contribution in [2.45, 2.75) is 5.92 Å². The molecule has 118 valence electrons. The van der Waals surface area contributed by atoms with Crippen molar-refractivity contribution in [2.24, 2.45) is 5.41 Å². The smallest absolute Gasteiger partial charge is 0.315 e. The molecule has 4 rings (SSSR count). The largest absolute Gasteiger partial charge is 0.492 e. The maximum atomic E-state index is 12.5. The van der Waals surface area contributed by atoms with Crippen LogP contribution in [0.3, 0.4) is 0 Å². The van der Waals surface area contributed by atoms with Gasteiger partial charge in [0.1, 0.15) is 23.5 Å². The number of carboxylic acids is 1. The van der Waals surface area contributed by atoms with Gasteiger partial charge in [-0.25, -0.2) is 0 Å². The van der Waals surface area contributed by atoms with Crippen molar-refractivity contribution in [3.63, 3.8) is 0 Å². The van der Waals surface area contributed by atoms with Crippen LogP contribution >= 0.6 is 0 Å². The molecule has 0 saturated carbocycles. The summed E-state index contributed by atoms with van der Waals surface area (Å²) in [5.74, 6) is -0.756. The molecule has 0 spiro atoms. The second-order valence-corrected chi connectivity index (χ2v) is 6.00. The van der Waals surface area contributed by atoms with Crippen molar-refractivity contribution < 1.29 is 19.4 Å². The number of hydrogen-bond acceptors (Lipinski definition) is 4. The lowest BCUT2D eigenvalue weighted by atomic mass is 9.73. The fourth-order valence-electron chi connectivity index (χ4n) is 3.54. The Labute approximate surface area is 131 Å². The first kappa shape index (κ1) is 13.8. The first-order valence-electron chi connectivity index (χ1n) is 7.35. The maximum Gasteiger partial charge on any atom is 0.315 e. The molecule has 2 aromatic rings. The van der Waals surface area contributed by atoms with Crippen molar-refractivity contribution in [1.82, 2.24) is 15.1 Å². The number of amides is 1. The summed E-state index contributed by atoms with van der Waals surface area (Å²) >= 11 is 0. The Bertz CT molecular complexity index is 773. The normalized spacial score (nSPS) is 25.4. The standard InChI is InChI=1S/C16H15N3O4/c20-14(12-5-6-17-18-12)19-7-11-10-3-1-2-4-13(10)23-9-16(11,8-19)15(21)22/h1-6,11H,7-9H2,(H,17,18)(H,21,22). The molecule has 0 aliphatic carbocycles. The van der Waals surface area contributed by atoms with Crippen LogP contribution in [0, 0.1) is 5.41 Å². The fraction of sp³-hybridized carbons (Fsp3) is 0.312. The summed E-state index contributed by atoms with van der Waals surface area (Å²) in [4.78, 5) is 26.1. The number of aliphatic carboxylic acids is 1. The number of aromatic nitrogens is 2. The molecule has 3 heterocycles. The molecule has 1 aromatic heterocycles. The third kappa shape index (κ3) is 1.93. The Hall–Kier alpha value is -2.83. The van der Waals surface area contributed by atoms with Gasteiger partial charge in [0, 0.05) is 30.8 Å². The van der Waals surface area contributed by atoms with E-state index in [0.29, 0.717) is 18.0 Å². The van der Waals surface area contributed by atoms with Gasteiger partial charge in [0.15, 0.2) is 0 Å². The highest BCUT2D eigenvalue weighted by Gasteiger charge is 2.57. The van der Waals surface area contributed by atoms with E-state index >= 15 is 0 Å². The predicted molar refractivity (Wildman–Crippen MR) is 79.2 cm³/mol. The Morgan fingerprint density at radius 2 is 2.17 bits per heavy atom. The van der Waals surface area contributed by atoms with Crippen molar-refractivity contribution in [1.29, 1.82) is 0 Å². The van der Waals surface area contributed by atoms with Crippen LogP contribution in [-0.2, 0) is 4.79 Å². The van der Waals surface area contributed by atoms with E-state index in [2.05, 4.69) is 10.2 Å². The van der Waals surface area contributed by atoms with Crippen LogP contribution in [0.5, 0.6) is 5.75 Å². The van der Waals surface area contributed by atoms with E-state index in [1.54, 1.807) is 11.0 Å². The van der Waals surface area contributed by atoms with Gasteiger partial charge < -0.3 is 14.7 Å². The van der Waals surface area contributed by atoms with Gasteiger partial charge in [0.2, 0.25) is 0 Å². The summed E-state index contributed by atoms with van der Waals surface area (Å²) in [6, 6.07) is 9.01. The van der Waals surface area contributed by atoms with Crippen LogP contribution in [-0.4, -0.2) is 51.8 Å². The molecule has 7 heteroatoms. The highest BCUT2D eigenvalue weighted by atomic mass is 16.5. The minimum atomic E-state index is -1.11. The first-order chi connectivity index (χ1) is 11.1. The topological polar surface area (TPSA) is 95.5 Å². The quantitative estimate of drug-likeness (QED) is 0.866. The van der Waals surface area contributed by atoms with Gasteiger partial charge >= 0.3 is 5.97 Å². The lowest BCUT2D eigenvalue weighted by Crippen LogP contribution is -2.46. The van der Waals surface area contributed by atoms with Crippen molar-refractivity contribution in [3.05, 3.63) is 47.8 Å². The molecule has 7 nitrogen and oxygen atoms in total. The van der Waals surface area contributed by atoms with E-state index in [1.807, 2.05) is 24.3 Å². The average Bonchev–Trinajstić information content (AvgIpc) is 3.22. The molecule has 2 unspecified atom stereocenters. The SMILES string of the molecule is O=C(c1ccn[nH]1)N1CC2c3ccccc3OCC2(C(=O)O)C1. The van der Waals surface area contributed by atoms with E-state index in [4.69, 9.17) is 4.74 Å². The van der Waals surface area contributed by atoms with Crippen LogP contribution in [0.2, 0.25) is 0 Å². The molecule has 2 atom stereocenters. The summed E-state index contributed by atoms with van der Waals surface area (Å²) < 4.78 is 5.68. The second-order valence-electron chi connectivity index (χ2n) is 6.00. The summed E-state index contributed by atoms with van der Waals surface area (Å²) in [5.41, 5.74) is 0.101. The van der Waals surface area contributed by atoms with Crippen LogP contribution in [0.1, 0.15) is 22.0 Å². The number of carbonyl (C=O) groups is 2. The van der Waals surface area contributed by atoms with E-state index in [1.165, 1.54) is 6.20 Å². The van der Waals surface area contributed by atoms with Crippen molar-refractivity contribution in [2.75, 3.05) is 19.7 Å². The summed E-state index contributed by atoms with van der Waals surface area (Å²) in [6.45, 7) is 0.542. The molecular weight excluding hydrogens is 298 g/mol. The van der Waals surface area contributed by atoms with Gasteiger partial charge in [0.25, 0.3) is 5.91 Å². The molecule has 2 aliphatic heterocycles. The van der Waals surface area contributed by atoms with Crippen LogP contribution in [0.25, 0.3) is 0 Å². The van der Waals surface area contributed by atoms with Gasteiger partial charge in [0.05, 0.1) is 0 Å². The zero-order chi connectivity index (χ0) is 16.0. The molecular formula is C16H15N3O4. The van der Waals surface area contributed by atoms with Crippen molar-refractivity contribution in [3.8, 4) is 5.75 Å². The zero-order valence-electron chi connectivity index (χ0n) is 12.2. The summed E-state index contributed by atoms with van der Waals surface area (Å²) in [7, 11) is 0. The molecule has 1 aromatic carbocycles. The number of ether oxygens (including phenoxy) is 1. The number of nitrogens with one attached hydrogen (secondary N) is 1. The Morgan fingerprint density at radius 1 is 1.35 bits per heavy atom. The van der Waals surface area contributed by atoms with E-state index in [0.717, 1.165) is 5.56 Å². The Morgan fingerprint density at radius 3 is 2.91 bits per heavy atom. The number of nitrogens with zero attached hydrogens (tertiary/aromatic N) is 2. The highest BCUT2D eigenvalue weighted by molar-refractivity contribution is 5.93. The fourth-order valence-corrected chi connectivity index (χ4v) is 3.54. The molecule has 0 radical (unpaired) electrons. The minimum absolute atomic E-state index is 0.0662. The van der Waals surface area contributed by atoms with Gasteiger partial charge in [-0.3, -0.25) is 14.7 Å². The van der Waals surface area contributed by atoms with Gasteiger partial charge in [-0.1, -0.05) is 18.2 Å². The van der Waals surface area contributed by atoms with Gasteiger partial charge in [-0.2, -0.15) is 5.10 Å². The lowest BCUT2D eigenvalue weighted by Gasteiger charge is -2.35. The van der Waals surface area contributed by atoms with Crippen LogP contribution in [0.4, 0.5) is 0 Å². The third-order valence-corrected chi connectivity index (χ3v) is 4.77. The highest BCUT2D eigenvalue weighted by Crippen LogP contribution is 2.49. The number of aromatic amines is 1. The number of carbonyl (C=O) groups excluding carboxylic acids is 1. The van der Waals surface area contributed by atoms with Crippen LogP contribution < -0.4 is 4.74 Å². The molecule has 1 fully saturated rings. The Balaban J connectivity index is 1.73. The molecule has 1 amide bonds. The third-order valence-electron chi connectivity index (χ3n) is 4.77.